The highest BCUT2D eigenvalue weighted by atomic mass is 32.1. The van der Waals surface area contributed by atoms with Crippen LogP contribution in [0, 0.1) is 6.92 Å². The molecule has 24 heavy (non-hydrogen) atoms. The first-order valence-electron chi connectivity index (χ1n) is 7.95. The third kappa shape index (κ3) is 5.09. The van der Waals surface area contributed by atoms with Crippen molar-refractivity contribution in [3.8, 4) is 0 Å². The van der Waals surface area contributed by atoms with Crippen LogP contribution < -0.4 is 10.6 Å². The lowest BCUT2D eigenvalue weighted by atomic mass is 10.1. The first-order chi connectivity index (χ1) is 11.6. The zero-order chi connectivity index (χ0) is 17.4. The zero-order valence-corrected chi connectivity index (χ0v) is 14.7. The van der Waals surface area contributed by atoms with Gasteiger partial charge in [0, 0.05) is 18.7 Å². The van der Waals surface area contributed by atoms with Crippen molar-refractivity contribution in [3.05, 3.63) is 53.5 Å². The van der Waals surface area contributed by atoms with Crippen LogP contribution in [-0.4, -0.2) is 24.2 Å². The van der Waals surface area contributed by atoms with Gasteiger partial charge in [-0.2, -0.15) is 0 Å². The molecule has 2 N–H and O–H groups in total. The van der Waals surface area contributed by atoms with Crippen molar-refractivity contribution < 1.29 is 13.9 Å². The minimum absolute atomic E-state index is 0.323. The molecule has 0 bridgehead atoms. The van der Waals surface area contributed by atoms with Gasteiger partial charge in [-0.1, -0.05) is 6.07 Å². The number of hydrogen-bond donors (Lipinski definition) is 2. The van der Waals surface area contributed by atoms with Crippen LogP contribution in [0.4, 0.5) is 5.69 Å². The van der Waals surface area contributed by atoms with Gasteiger partial charge >= 0.3 is 5.97 Å². The lowest BCUT2D eigenvalue weighted by molar-refractivity contribution is 0.0525. The minimum atomic E-state index is -0.323. The summed E-state index contributed by atoms with van der Waals surface area (Å²) < 4.78 is 10.3. The third-order valence-electron chi connectivity index (χ3n) is 3.54. The molecule has 1 aromatic heterocycles. The molecule has 0 amide bonds. The summed E-state index contributed by atoms with van der Waals surface area (Å²) in [5.41, 5.74) is 2.15. The van der Waals surface area contributed by atoms with Gasteiger partial charge in [-0.15, -0.1) is 0 Å². The second kappa shape index (κ2) is 9.08. The highest BCUT2D eigenvalue weighted by Gasteiger charge is 2.13. The van der Waals surface area contributed by atoms with Gasteiger partial charge in [-0.05, 0) is 62.3 Å². The van der Waals surface area contributed by atoms with E-state index in [1.807, 2.05) is 25.1 Å². The number of anilines is 1. The summed E-state index contributed by atoms with van der Waals surface area (Å²) in [6, 6.07) is 9.28. The van der Waals surface area contributed by atoms with E-state index in [4.69, 9.17) is 21.4 Å². The summed E-state index contributed by atoms with van der Waals surface area (Å²) >= 11 is 5.31. The number of ether oxygens (including phenoxy) is 1. The highest BCUT2D eigenvalue weighted by molar-refractivity contribution is 7.80. The van der Waals surface area contributed by atoms with Crippen LogP contribution in [0.25, 0.3) is 0 Å². The Bertz CT molecular complexity index is 684. The average molecular weight is 346 g/mol. The molecule has 5 nitrogen and oxygen atoms in total. The molecule has 0 fully saturated rings. The fraction of sp³-hybridized carbons (Fsp3) is 0.333. The molecule has 0 atom stereocenters. The lowest BCUT2D eigenvalue weighted by Gasteiger charge is -2.14. The van der Waals surface area contributed by atoms with E-state index < -0.39 is 0 Å². The Morgan fingerprint density at radius 3 is 2.83 bits per heavy atom. The number of furan rings is 1. The Morgan fingerprint density at radius 1 is 1.29 bits per heavy atom. The molecule has 2 aromatic rings. The topological polar surface area (TPSA) is 63.5 Å². The van der Waals surface area contributed by atoms with Crippen LogP contribution in [0.1, 0.15) is 35.0 Å². The fourth-order valence-electron chi connectivity index (χ4n) is 2.29. The second-order valence-electron chi connectivity index (χ2n) is 5.26. The van der Waals surface area contributed by atoms with Crippen LogP contribution in [0.2, 0.25) is 0 Å². The van der Waals surface area contributed by atoms with Gasteiger partial charge < -0.3 is 19.8 Å². The molecule has 2 rings (SSSR count). The van der Waals surface area contributed by atoms with Crippen molar-refractivity contribution >= 4 is 29.0 Å². The number of nitrogens with one attached hydrogen (secondary N) is 2. The van der Waals surface area contributed by atoms with E-state index >= 15 is 0 Å². The van der Waals surface area contributed by atoms with E-state index in [2.05, 4.69) is 10.6 Å². The van der Waals surface area contributed by atoms with Crippen molar-refractivity contribution in [1.82, 2.24) is 5.32 Å². The van der Waals surface area contributed by atoms with Crippen LogP contribution in [0.3, 0.4) is 0 Å². The largest absolute Gasteiger partial charge is 0.469 e. The molecule has 0 aliphatic rings. The molecular weight excluding hydrogens is 324 g/mol. The minimum Gasteiger partial charge on any atom is -0.469 e. The Balaban J connectivity index is 1.84. The van der Waals surface area contributed by atoms with E-state index in [9.17, 15) is 4.79 Å². The number of hydrogen-bond acceptors (Lipinski definition) is 4. The fourth-order valence-corrected chi connectivity index (χ4v) is 2.50. The summed E-state index contributed by atoms with van der Waals surface area (Å²) in [5.74, 6) is 0.643. The SMILES string of the molecule is CCOC(=O)c1cccc(NC(=S)NCCCc2ccco2)c1C. The smallest absolute Gasteiger partial charge is 0.338 e. The van der Waals surface area contributed by atoms with Crippen molar-refractivity contribution in [1.29, 1.82) is 0 Å². The van der Waals surface area contributed by atoms with E-state index in [1.54, 1.807) is 25.3 Å². The Labute approximate surface area is 147 Å². The summed E-state index contributed by atoms with van der Waals surface area (Å²) in [6.45, 7) is 4.75. The maximum absolute atomic E-state index is 11.9. The molecule has 0 unspecified atom stereocenters. The molecule has 128 valence electrons. The van der Waals surface area contributed by atoms with Gasteiger partial charge in [-0.25, -0.2) is 4.79 Å². The van der Waals surface area contributed by atoms with E-state index in [-0.39, 0.29) is 5.97 Å². The summed E-state index contributed by atoms with van der Waals surface area (Å²) in [7, 11) is 0. The zero-order valence-electron chi connectivity index (χ0n) is 13.9. The van der Waals surface area contributed by atoms with E-state index in [0.717, 1.165) is 36.4 Å². The Hall–Kier alpha value is -2.34. The molecule has 0 spiro atoms. The first-order valence-corrected chi connectivity index (χ1v) is 8.36. The van der Waals surface area contributed by atoms with Gasteiger partial charge in [0.25, 0.3) is 0 Å². The number of carbonyl (C=O) groups is 1. The van der Waals surface area contributed by atoms with Gasteiger partial charge in [0.1, 0.15) is 5.76 Å². The summed E-state index contributed by atoms with van der Waals surface area (Å²) in [4.78, 5) is 11.9. The van der Waals surface area contributed by atoms with Crippen molar-refractivity contribution in [2.75, 3.05) is 18.5 Å². The lowest BCUT2D eigenvalue weighted by Crippen LogP contribution is -2.30. The van der Waals surface area contributed by atoms with Crippen LogP contribution in [-0.2, 0) is 11.2 Å². The number of rotatable bonds is 7. The molecule has 0 saturated heterocycles. The predicted molar refractivity (Wildman–Crippen MR) is 98.4 cm³/mol. The van der Waals surface area contributed by atoms with Crippen molar-refractivity contribution in [2.45, 2.75) is 26.7 Å². The first kappa shape index (κ1) is 18.0. The Kier molecular flexibility index (Phi) is 6.81. The van der Waals surface area contributed by atoms with Gasteiger partial charge in [0.2, 0.25) is 0 Å². The van der Waals surface area contributed by atoms with Gasteiger partial charge in [0.15, 0.2) is 5.11 Å². The molecule has 0 aliphatic heterocycles. The molecule has 1 heterocycles. The molecule has 1 aromatic carbocycles. The monoisotopic (exact) mass is 346 g/mol. The van der Waals surface area contributed by atoms with E-state index in [1.165, 1.54) is 0 Å². The normalized spacial score (nSPS) is 10.2. The summed E-state index contributed by atoms with van der Waals surface area (Å²) in [5, 5.41) is 6.81. The molecule has 0 saturated carbocycles. The Morgan fingerprint density at radius 2 is 2.12 bits per heavy atom. The number of aryl methyl sites for hydroxylation is 1. The second-order valence-corrected chi connectivity index (χ2v) is 5.67. The van der Waals surface area contributed by atoms with Gasteiger partial charge in [-0.3, -0.25) is 0 Å². The predicted octanol–water partition coefficient (Wildman–Crippen LogP) is 3.68. The number of esters is 1. The van der Waals surface area contributed by atoms with Crippen LogP contribution in [0.15, 0.2) is 41.0 Å². The quantitative estimate of drug-likeness (QED) is 0.453. The number of benzene rings is 1. The van der Waals surface area contributed by atoms with Crippen LogP contribution in [0.5, 0.6) is 0 Å². The molecular formula is C18H22N2O3S. The van der Waals surface area contributed by atoms with E-state index in [0.29, 0.717) is 17.3 Å². The van der Waals surface area contributed by atoms with Crippen molar-refractivity contribution in [2.24, 2.45) is 0 Å². The maximum atomic E-state index is 11.9. The van der Waals surface area contributed by atoms with Crippen LogP contribution >= 0.6 is 12.2 Å². The third-order valence-corrected chi connectivity index (χ3v) is 3.79. The summed E-state index contributed by atoms with van der Waals surface area (Å²) in [6.07, 6.45) is 3.45. The number of carbonyl (C=O) groups excluding carboxylic acids is 1. The number of thiocarbonyl (C=S) groups is 1. The average Bonchev–Trinajstić information content (AvgIpc) is 3.07. The molecule has 0 radical (unpaired) electrons. The standard InChI is InChI=1S/C18H22N2O3S/c1-3-22-17(21)15-9-4-10-16(13(15)2)20-18(24)19-11-5-7-14-8-6-12-23-14/h4,6,8-10,12H,3,5,7,11H2,1-2H3,(H2,19,20,24). The highest BCUT2D eigenvalue weighted by Crippen LogP contribution is 2.19. The van der Waals surface area contributed by atoms with Crippen molar-refractivity contribution in [3.63, 3.8) is 0 Å². The molecule has 6 heteroatoms. The molecule has 0 aliphatic carbocycles. The van der Waals surface area contributed by atoms with Gasteiger partial charge in [0.05, 0.1) is 18.4 Å². The maximum Gasteiger partial charge on any atom is 0.338 e.